The highest BCUT2D eigenvalue weighted by Gasteiger charge is 2.35. The third-order valence-electron chi connectivity index (χ3n) is 5.08. The maximum absolute atomic E-state index is 13.0. The van der Waals surface area contributed by atoms with Crippen LogP contribution in [-0.2, 0) is 9.53 Å². The number of aromatic nitrogens is 1. The lowest BCUT2D eigenvalue weighted by Crippen LogP contribution is -2.44. The van der Waals surface area contributed by atoms with Gasteiger partial charge >= 0.3 is 0 Å². The lowest BCUT2D eigenvalue weighted by Gasteiger charge is -2.27. The topological polar surface area (TPSA) is 74.4 Å². The lowest BCUT2D eigenvalue weighted by molar-refractivity contribution is -0.125. The number of amides is 2. The average molecular weight is 327 g/mol. The van der Waals surface area contributed by atoms with E-state index in [9.17, 15) is 9.59 Å². The minimum Gasteiger partial charge on any atom is -0.378 e. The molecule has 0 spiro atoms. The molecule has 6 nitrogen and oxygen atoms in total. The first-order valence-corrected chi connectivity index (χ1v) is 8.29. The van der Waals surface area contributed by atoms with Crippen molar-refractivity contribution in [3.8, 4) is 0 Å². The molecule has 0 saturated carbocycles. The number of aryl methyl sites for hydroxylation is 2. The number of nitrogens with one attached hydrogen (secondary N) is 2. The fourth-order valence-corrected chi connectivity index (χ4v) is 3.57. The Labute approximate surface area is 140 Å². The van der Waals surface area contributed by atoms with Gasteiger partial charge in [0.2, 0.25) is 5.91 Å². The van der Waals surface area contributed by atoms with Crippen molar-refractivity contribution in [3.05, 3.63) is 35.0 Å². The van der Waals surface area contributed by atoms with Crippen LogP contribution in [0.5, 0.6) is 0 Å². The number of aromatic amines is 1. The number of hydrogen-bond donors (Lipinski definition) is 2. The zero-order chi connectivity index (χ0) is 16.8. The predicted molar refractivity (Wildman–Crippen MR) is 89.9 cm³/mol. The normalized spacial score (nSPS) is 23.9. The first-order chi connectivity index (χ1) is 11.5. The second kappa shape index (κ2) is 5.63. The van der Waals surface area contributed by atoms with E-state index in [4.69, 9.17) is 4.74 Å². The van der Waals surface area contributed by atoms with Crippen LogP contribution in [0.3, 0.4) is 0 Å². The standard InChI is InChI=1S/C18H21N3O3/c1-10-11(2)19-16-4-3-12(5-15(10)16)18(23)21-6-13-8-24-9-14(7-21)20-17(13)22/h3-5,13-14,19H,6-9H2,1-2H3,(H,20,22)/t13-,14+/m1/s1. The summed E-state index contributed by atoms with van der Waals surface area (Å²) in [6, 6.07) is 5.62. The molecule has 2 N–H and O–H groups in total. The van der Waals surface area contributed by atoms with E-state index < -0.39 is 0 Å². The van der Waals surface area contributed by atoms with Crippen LogP contribution in [0.15, 0.2) is 18.2 Å². The number of nitrogens with zero attached hydrogens (tertiary/aromatic N) is 1. The highest BCUT2D eigenvalue weighted by molar-refractivity contribution is 5.99. The molecule has 126 valence electrons. The smallest absolute Gasteiger partial charge is 0.253 e. The minimum absolute atomic E-state index is 0.0136. The van der Waals surface area contributed by atoms with Gasteiger partial charge in [-0.2, -0.15) is 0 Å². The van der Waals surface area contributed by atoms with Crippen LogP contribution < -0.4 is 5.32 Å². The Morgan fingerprint density at radius 1 is 1.25 bits per heavy atom. The van der Waals surface area contributed by atoms with Gasteiger partial charge in [0.1, 0.15) is 0 Å². The van der Waals surface area contributed by atoms with Crippen molar-refractivity contribution in [3.63, 3.8) is 0 Å². The Kier molecular flexibility index (Phi) is 3.57. The van der Waals surface area contributed by atoms with Crippen molar-refractivity contribution in [2.45, 2.75) is 19.9 Å². The predicted octanol–water partition coefficient (Wildman–Crippen LogP) is 1.37. The van der Waals surface area contributed by atoms with E-state index in [-0.39, 0.29) is 23.8 Å². The number of carbonyl (C=O) groups excluding carboxylic acids is 2. The number of rotatable bonds is 1. The Bertz CT molecular complexity index is 826. The van der Waals surface area contributed by atoms with E-state index in [0.29, 0.717) is 31.9 Å². The zero-order valence-electron chi connectivity index (χ0n) is 13.9. The molecule has 1 aromatic carbocycles. The summed E-state index contributed by atoms with van der Waals surface area (Å²) in [5, 5.41) is 4.03. The summed E-state index contributed by atoms with van der Waals surface area (Å²) in [6.07, 6.45) is 0. The Morgan fingerprint density at radius 3 is 2.92 bits per heavy atom. The average Bonchev–Trinajstić information content (AvgIpc) is 2.68. The zero-order valence-corrected chi connectivity index (χ0v) is 13.9. The van der Waals surface area contributed by atoms with E-state index in [2.05, 4.69) is 17.2 Å². The van der Waals surface area contributed by atoms with Crippen LogP contribution in [0.1, 0.15) is 21.6 Å². The van der Waals surface area contributed by atoms with Gasteiger partial charge in [0, 0.05) is 35.2 Å². The van der Waals surface area contributed by atoms with Crippen molar-refractivity contribution in [2.75, 3.05) is 26.3 Å². The summed E-state index contributed by atoms with van der Waals surface area (Å²) in [5.74, 6) is -0.328. The number of ether oxygens (including phenoxy) is 1. The van der Waals surface area contributed by atoms with Gasteiger partial charge in [0.05, 0.1) is 25.2 Å². The van der Waals surface area contributed by atoms with Gasteiger partial charge < -0.3 is 19.9 Å². The molecule has 1 aromatic heterocycles. The van der Waals surface area contributed by atoms with Gasteiger partial charge in [0.25, 0.3) is 5.91 Å². The van der Waals surface area contributed by atoms with Gasteiger partial charge in [0.15, 0.2) is 0 Å². The molecule has 2 bridgehead atoms. The highest BCUT2D eigenvalue weighted by Crippen LogP contribution is 2.24. The molecule has 0 radical (unpaired) electrons. The summed E-state index contributed by atoms with van der Waals surface area (Å²) in [7, 11) is 0. The summed E-state index contributed by atoms with van der Waals surface area (Å²) in [4.78, 5) is 30.2. The third kappa shape index (κ3) is 2.47. The third-order valence-corrected chi connectivity index (χ3v) is 5.08. The summed E-state index contributed by atoms with van der Waals surface area (Å²) < 4.78 is 5.52. The molecule has 0 unspecified atom stereocenters. The van der Waals surface area contributed by atoms with Crippen LogP contribution in [0.2, 0.25) is 0 Å². The molecule has 2 aliphatic rings. The van der Waals surface area contributed by atoms with Gasteiger partial charge in [-0.1, -0.05) is 0 Å². The molecule has 2 atom stereocenters. The molecule has 24 heavy (non-hydrogen) atoms. The van der Waals surface area contributed by atoms with Crippen LogP contribution in [-0.4, -0.2) is 54.0 Å². The number of carbonyl (C=O) groups is 2. The second-order valence-electron chi connectivity index (χ2n) is 6.79. The Balaban J connectivity index is 1.65. The highest BCUT2D eigenvalue weighted by atomic mass is 16.5. The van der Waals surface area contributed by atoms with Crippen molar-refractivity contribution in [1.29, 1.82) is 0 Å². The number of benzene rings is 1. The van der Waals surface area contributed by atoms with Gasteiger partial charge in [-0.25, -0.2) is 0 Å². The van der Waals surface area contributed by atoms with Crippen LogP contribution >= 0.6 is 0 Å². The van der Waals surface area contributed by atoms with Crippen LogP contribution in [0.4, 0.5) is 0 Å². The molecule has 4 rings (SSSR count). The summed E-state index contributed by atoms with van der Waals surface area (Å²) >= 11 is 0. The number of H-pyrrole nitrogens is 1. The van der Waals surface area contributed by atoms with Crippen LogP contribution in [0, 0.1) is 19.8 Å². The molecule has 2 saturated heterocycles. The maximum Gasteiger partial charge on any atom is 0.253 e. The maximum atomic E-state index is 13.0. The van der Waals surface area contributed by atoms with Crippen molar-refractivity contribution in [2.24, 2.45) is 5.92 Å². The fourth-order valence-electron chi connectivity index (χ4n) is 3.57. The first-order valence-electron chi connectivity index (χ1n) is 8.29. The van der Waals surface area contributed by atoms with Crippen molar-refractivity contribution < 1.29 is 14.3 Å². The molecule has 6 heteroatoms. The lowest BCUT2D eigenvalue weighted by atomic mass is 10.1. The fraction of sp³-hybridized carbons (Fsp3) is 0.444. The van der Waals surface area contributed by atoms with E-state index >= 15 is 0 Å². The van der Waals surface area contributed by atoms with Crippen molar-refractivity contribution in [1.82, 2.24) is 15.2 Å². The number of fused-ring (bicyclic) bond motifs is 4. The summed E-state index contributed by atoms with van der Waals surface area (Å²) in [5.41, 5.74) is 3.99. The molecule has 3 heterocycles. The summed E-state index contributed by atoms with van der Waals surface area (Å²) in [6.45, 7) is 5.82. The van der Waals surface area contributed by atoms with E-state index in [1.807, 2.05) is 25.1 Å². The minimum atomic E-state index is -0.290. The molecule has 2 aliphatic heterocycles. The van der Waals surface area contributed by atoms with E-state index in [0.717, 1.165) is 22.2 Å². The Hall–Kier alpha value is -2.34. The van der Waals surface area contributed by atoms with Gasteiger partial charge in [-0.3, -0.25) is 9.59 Å². The second-order valence-corrected chi connectivity index (χ2v) is 6.79. The quantitative estimate of drug-likeness (QED) is 0.831. The van der Waals surface area contributed by atoms with Crippen molar-refractivity contribution >= 4 is 22.7 Å². The molecular weight excluding hydrogens is 306 g/mol. The molecule has 2 amide bonds. The van der Waals surface area contributed by atoms with Gasteiger partial charge in [-0.15, -0.1) is 0 Å². The Morgan fingerprint density at radius 2 is 2.08 bits per heavy atom. The largest absolute Gasteiger partial charge is 0.378 e. The monoisotopic (exact) mass is 327 g/mol. The van der Waals surface area contributed by atoms with Gasteiger partial charge in [-0.05, 0) is 37.6 Å². The SMILES string of the molecule is Cc1[nH]c2ccc(C(=O)N3C[C@H]4COC[C@@H](C3)C(=O)N4)cc2c1C. The molecule has 2 fully saturated rings. The molecule has 0 aliphatic carbocycles. The first kappa shape index (κ1) is 15.2. The molecular formula is C18H21N3O3. The van der Waals surface area contributed by atoms with E-state index in [1.54, 1.807) is 4.90 Å². The van der Waals surface area contributed by atoms with Crippen LogP contribution in [0.25, 0.3) is 10.9 Å². The van der Waals surface area contributed by atoms with E-state index in [1.165, 1.54) is 0 Å². The molecule has 2 aromatic rings. The number of hydrogen-bond acceptors (Lipinski definition) is 3.